The molecule has 0 bridgehead atoms. The summed E-state index contributed by atoms with van der Waals surface area (Å²) in [5.41, 5.74) is 1.26. The molecule has 2 fully saturated rings. The molecule has 8 nitrogen and oxygen atoms in total. The van der Waals surface area contributed by atoms with E-state index in [9.17, 15) is 19.2 Å². The SMILES string of the molecule is CC1CN(C(=O)C(NC(=O)c2ccc3c(c2)NC(=O)C3)C(C)(C)C)[C@@H]2C(=O)CO[C@@H]12. The smallest absolute Gasteiger partial charge is 0.252 e. The molecule has 0 aliphatic carbocycles. The second-order valence-corrected chi connectivity index (χ2v) is 9.52. The van der Waals surface area contributed by atoms with Gasteiger partial charge in [-0.15, -0.1) is 0 Å². The molecule has 3 amide bonds. The van der Waals surface area contributed by atoms with Gasteiger partial charge in [0.15, 0.2) is 5.78 Å². The van der Waals surface area contributed by atoms with Crippen molar-refractivity contribution in [3.8, 4) is 0 Å². The third kappa shape index (κ3) is 3.49. The number of likely N-dealkylation sites (tertiary alicyclic amines) is 1. The molecule has 4 atom stereocenters. The summed E-state index contributed by atoms with van der Waals surface area (Å²) in [5, 5.41) is 5.60. The van der Waals surface area contributed by atoms with Gasteiger partial charge in [-0.3, -0.25) is 19.2 Å². The Morgan fingerprint density at radius 3 is 2.70 bits per heavy atom. The fourth-order valence-corrected chi connectivity index (χ4v) is 4.50. The largest absolute Gasteiger partial charge is 0.367 e. The van der Waals surface area contributed by atoms with E-state index in [1.165, 1.54) is 0 Å². The van der Waals surface area contributed by atoms with Crippen molar-refractivity contribution in [2.45, 2.75) is 52.3 Å². The number of carbonyl (C=O) groups is 4. The molecule has 1 aromatic rings. The van der Waals surface area contributed by atoms with Gasteiger partial charge in [-0.05, 0) is 23.1 Å². The number of anilines is 1. The minimum Gasteiger partial charge on any atom is -0.367 e. The summed E-state index contributed by atoms with van der Waals surface area (Å²) < 4.78 is 5.58. The highest BCUT2D eigenvalue weighted by atomic mass is 16.5. The summed E-state index contributed by atoms with van der Waals surface area (Å²) >= 11 is 0. The highest BCUT2D eigenvalue weighted by molar-refractivity contribution is 6.03. The number of rotatable bonds is 3. The molecular weight excluding hydrogens is 386 g/mol. The van der Waals surface area contributed by atoms with Crippen molar-refractivity contribution in [3.05, 3.63) is 29.3 Å². The van der Waals surface area contributed by atoms with E-state index < -0.39 is 23.4 Å². The topological polar surface area (TPSA) is 105 Å². The van der Waals surface area contributed by atoms with Crippen LogP contribution in [0.3, 0.4) is 0 Å². The minimum atomic E-state index is -0.813. The van der Waals surface area contributed by atoms with Crippen LogP contribution in [-0.4, -0.2) is 59.7 Å². The first-order valence-electron chi connectivity index (χ1n) is 10.2. The maximum absolute atomic E-state index is 13.5. The highest BCUT2D eigenvalue weighted by Gasteiger charge is 2.52. The van der Waals surface area contributed by atoms with Crippen LogP contribution in [0.25, 0.3) is 0 Å². The third-order valence-electron chi connectivity index (χ3n) is 6.11. The lowest BCUT2D eigenvalue weighted by Gasteiger charge is -2.35. The van der Waals surface area contributed by atoms with E-state index in [4.69, 9.17) is 4.74 Å². The summed E-state index contributed by atoms with van der Waals surface area (Å²) in [7, 11) is 0. The number of nitrogens with zero attached hydrogens (tertiary/aromatic N) is 1. The molecular formula is C22H27N3O5. The van der Waals surface area contributed by atoms with E-state index in [1.54, 1.807) is 23.1 Å². The molecule has 0 aromatic heterocycles. The van der Waals surface area contributed by atoms with Gasteiger partial charge in [0.2, 0.25) is 11.8 Å². The van der Waals surface area contributed by atoms with Crippen molar-refractivity contribution in [3.63, 3.8) is 0 Å². The maximum Gasteiger partial charge on any atom is 0.252 e. The molecule has 2 saturated heterocycles. The van der Waals surface area contributed by atoms with Gasteiger partial charge in [0.05, 0.1) is 12.5 Å². The quantitative estimate of drug-likeness (QED) is 0.773. The van der Waals surface area contributed by atoms with Crippen molar-refractivity contribution in [2.75, 3.05) is 18.5 Å². The van der Waals surface area contributed by atoms with Crippen molar-refractivity contribution in [1.82, 2.24) is 10.2 Å². The molecule has 3 aliphatic heterocycles. The fraction of sp³-hybridized carbons (Fsp3) is 0.545. The number of ketones is 1. The van der Waals surface area contributed by atoms with Crippen molar-refractivity contribution in [2.24, 2.45) is 11.3 Å². The number of ether oxygens (including phenoxy) is 1. The summed E-state index contributed by atoms with van der Waals surface area (Å²) in [6, 6.07) is 3.64. The Morgan fingerprint density at radius 1 is 1.27 bits per heavy atom. The summed E-state index contributed by atoms with van der Waals surface area (Å²) in [6.07, 6.45) is 0.0182. The van der Waals surface area contributed by atoms with Gasteiger partial charge in [-0.25, -0.2) is 0 Å². The van der Waals surface area contributed by atoms with Crippen molar-refractivity contribution < 1.29 is 23.9 Å². The molecule has 0 radical (unpaired) electrons. The van der Waals surface area contributed by atoms with Gasteiger partial charge in [0.1, 0.15) is 18.7 Å². The van der Waals surface area contributed by atoms with E-state index in [0.717, 1.165) is 5.56 Å². The van der Waals surface area contributed by atoms with E-state index in [0.29, 0.717) is 24.2 Å². The van der Waals surface area contributed by atoms with Crippen LogP contribution in [0.2, 0.25) is 0 Å². The highest BCUT2D eigenvalue weighted by Crippen LogP contribution is 2.34. The number of Topliss-reactive ketones (excluding diaryl/α,β-unsaturated/α-hetero) is 1. The summed E-state index contributed by atoms with van der Waals surface area (Å²) in [4.78, 5) is 51.9. The Hall–Kier alpha value is -2.74. The first kappa shape index (κ1) is 20.5. The van der Waals surface area contributed by atoms with E-state index >= 15 is 0 Å². The Balaban J connectivity index is 1.56. The van der Waals surface area contributed by atoms with Crippen LogP contribution in [0.15, 0.2) is 18.2 Å². The van der Waals surface area contributed by atoms with Gasteiger partial charge in [0, 0.05) is 23.7 Å². The van der Waals surface area contributed by atoms with Crippen LogP contribution in [0, 0.1) is 11.3 Å². The number of benzene rings is 1. The van der Waals surface area contributed by atoms with Gasteiger partial charge in [0.25, 0.3) is 5.91 Å². The number of hydrogen-bond donors (Lipinski definition) is 2. The van der Waals surface area contributed by atoms with Crippen molar-refractivity contribution >= 4 is 29.2 Å². The molecule has 2 unspecified atom stereocenters. The molecule has 2 N–H and O–H groups in total. The molecule has 30 heavy (non-hydrogen) atoms. The zero-order valence-corrected chi connectivity index (χ0v) is 17.7. The Labute approximate surface area is 175 Å². The number of fused-ring (bicyclic) bond motifs is 2. The van der Waals surface area contributed by atoms with Crippen LogP contribution in [0.5, 0.6) is 0 Å². The molecule has 1 aromatic carbocycles. The van der Waals surface area contributed by atoms with E-state index in [-0.39, 0.29) is 36.2 Å². The first-order valence-corrected chi connectivity index (χ1v) is 10.2. The number of amides is 3. The Kier molecular flexibility index (Phi) is 4.92. The van der Waals surface area contributed by atoms with Crippen LogP contribution in [0.1, 0.15) is 43.6 Å². The van der Waals surface area contributed by atoms with Crippen LogP contribution < -0.4 is 10.6 Å². The van der Waals surface area contributed by atoms with Crippen molar-refractivity contribution in [1.29, 1.82) is 0 Å². The molecule has 3 aliphatic rings. The molecule has 160 valence electrons. The van der Waals surface area contributed by atoms with E-state index in [2.05, 4.69) is 10.6 Å². The number of hydrogen-bond acceptors (Lipinski definition) is 5. The predicted molar refractivity (Wildman–Crippen MR) is 109 cm³/mol. The molecule has 8 heteroatoms. The second kappa shape index (κ2) is 7.19. The maximum atomic E-state index is 13.5. The third-order valence-corrected chi connectivity index (χ3v) is 6.11. The van der Waals surface area contributed by atoms with Gasteiger partial charge < -0.3 is 20.3 Å². The van der Waals surface area contributed by atoms with Crippen LogP contribution in [0.4, 0.5) is 5.69 Å². The van der Waals surface area contributed by atoms with Gasteiger partial charge >= 0.3 is 0 Å². The lowest BCUT2D eigenvalue weighted by Crippen LogP contribution is -2.57. The fourth-order valence-electron chi connectivity index (χ4n) is 4.50. The predicted octanol–water partition coefficient (Wildman–Crippen LogP) is 1.14. The summed E-state index contributed by atoms with van der Waals surface area (Å²) in [6.45, 7) is 8.05. The first-order chi connectivity index (χ1) is 14.1. The Bertz CT molecular complexity index is 935. The zero-order valence-electron chi connectivity index (χ0n) is 17.7. The standard InChI is InChI=1S/C22H27N3O5/c1-11-9-25(17-15(26)10-30-18(11)17)21(29)19(22(2,3)4)24-20(28)13-6-5-12-8-16(27)23-14(12)7-13/h5-7,11,17-19H,8-10H2,1-4H3,(H,23,27)(H,24,28)/t11?,17-,18+,19?/m1/s1. The molecule has 0 saturated carbocycles. The van der Waals surface area contributed by atoms with Gasteiger partial charge in [-0.2, -0.15) is 0 Å². The second-order valence-electron chi connectivity index (χ2n) is 9.52. The lowest BCUT2D eigenvalue weighted by molar-refractivity contribution is -0.140. The summed E-state index contributed by atoms with van der Waals surface area (Å²) in [5.74, 6) is -0.812. The molecule has 0 spiro atoms. The van der Waals surface area contributed by atoms with E-state index in [1.807, 2.05) is 27.7 Å². The lowest BCUT2D eigenvalue weighted by atomic mass is 9.85. The van der Waals surface area contributed by atoms with Gasteiger partial charge in [-0.1, -0.05) is 33.8 Å². The molecule has 3 heterocycles. The van der Waals surface area contributed by atoms with Crippen LogP contribution in [-0.2, 0) is 25.5 Å². The number of carbonyl (C=O) groups excluding carboxylic acids is 4. The average molecular weight is 413 g/mol. The Morgan fingerprint density at radius 2 is 2.00 bits per heavy atom. The van der Waals surface area contributed by atoms with Crippen LogP contribution >= 0.6 is 0 Å². The monoisotopic (exact) mass is 413 g/mol. The minimum absolute atomic E-state index is 0.0246. The average Bonchev–Trinajstić information content (AvgIpc) is 3.32. The normalized spacial score (nSPS) is 26.3. The number of nitrogens with one attached hydrogen (secondary N) is 2. The molecule has 4 rings (SSSR count). The zero-order chi connectivity index (χ0) is 21.8.